The molecule has 2 saturated heterocycles. The number of ether oxygens (including phenoxy) is 3. The van der Waals surface area contributed by atoms with Gasteiger partial charge in [0.1, 0.15) is 30.3 Å². The number of rotatable bonds is 8. The normalized spacial score (nSPS) is 20.5. The molecular weight excluding hydrogens is 436 g/mol. The summed E-state index contributed by atoms with van der Waals surface area (Å²) in [7, 11) is 3.14. The predicted molar refractivity (Wildman–Crippen MR) is 126 cm³/mol. The number of aliphatic hydroxyl groups is 1. The molecule has 4 rings (SSSR count). The fourth-order valence-corrected chi connectivity index (χ4v) is 4.56. The summed E-state index contributed by atoms with van der Waals surface area (Å²) < 4.78 is 15.9. The number of hydrogen-bond donors (Lipinski definition) is 2. The van der Waals surface area contributed by atoms with E-state index < -0.39 is 17.7 Å². The van der Waals surface area contributed by atoms with Crippen LogP contribution in [0.15, 0.2) is 54.1 Å². The molecule has 2 N–H and O–H groups in total. The minimum Gasteiger partial charge on any atom is -0.507 e. The van der Waals surface area contributed by atoms with E-state index in [2.05, 4.69) is 0 Å². The number of aliphatic hydroxyl groups excluding tert-OH is 1. The molecular formula is C26H31N2O6+. The maximum atomic E-state index is 13.1. The van der Waals surface area contributed by atoms with E-state index in [0.717, 1.165) is 44.8 Å². The van der Waals surface area contributed by atoms with E-state index in [4.69, 9.17) is 14.2 Å². The van der Waals surface area contributed by atoms with E-state index in [0.29, 0.717) is 23.6 Å². The van der Waals surface area contributed by atoms with Gasteiger partial charge in [0.2, 0.25) is 0 Å². The van der Waals surface area contributed by atoms with Crippen LogP contribution in [0.25, 0.3) is 5.76 Å². The lowest BCUT2D eigenvalue weighted by atomic mass is 9.95. The molecule has 0 spiro atoms. The molecule has 34 heavy (non-hydrogen) atoms. The molecule has 2 aromatic carbocycles. The average Bonchev–Trinajstić information content (AvgIpc) is 3.14. The van der Waals surface area contributed by atoms with Crippen molar-refractivity contribution in [3.63, 3.8) is 0 Å². The van der Waals surface area contributed by atoms with Gasteiger partial charge in [-0.05, 0) is 42.0 Å². The van der Waals surface area contributed by atoms with Crippen molar-refractivity contribution in [1.29, 1.82) is 0 Å². The molecule has 8 heteroatoms. The fraction of sp³-hybridized carbons (Fsp3) is 0.385. The number of amides is 1. The molecule has 1 atom stereocenters. The number of quaternary nitrogens is 1. The van der Waals surface area contributed by atoms with Gasteiger partial charge in [-0.3, -0.25) is 9.59 Å². The summed E-state index contributed by atoms with van der Waals surface area (Å²) in [5, 5.41) is 11.1. The van der Waals surface area contributed by atoms with Crippen LogP contribution in [0.4, 0.5) is 0 Å². The second-order valence-corrected chi connectivity index (χ2v) is 8.46. The second kappa shape index (κ2) is 10.7. The number of Topliss-reactive ketones (excluding diaryl/α,β-unsaturated/α-hetero) is 1. The SMILES string of the molecule is COc1ccc(C(O)=C2C(=O)C(=O)N(CCC[NH+]3CCOCC3)[C@@H]2c2ccc(OC)cc2)cc1. The zero-order valence-corrected chi connectivity index (χ0v) is 19.6. The third kappa shape index (κ3) is 4.93. The van der Waals surface area contributed by atoms with Crippen molar-refractivity contribution in [2.45, 2.75) is 12.5 Å². The fourth-order valence-electron chi connectivity index (χ4n) is 4.56. The molecule has 0 aromatic heterocycles. The Hall–Kier alpha value is -3.36. The van der Waals surface area contributed by atoms with E-state index in [1.807, 2.05) is 12.1 Å². The van der Waals surface area contributed by atoms with Crippen molar-refractivity contribution in [3.05, 3.63) is 65.2 Å². The maximum absolute atomic E-state index is 13.1. The minimum absolute atomic E-state index is 0.0963. The molecule has 1 amide bonds. The van der Waals surface area contributed by atoms with Crippen LogP contribution >= 0.6 is 0 Å². The van der Waals surface area contributed by atoms with Crippen LogP contribution in [0, 0.1) is 0 Å². The largest absolute Gasteiger partial charge is 0.507 e. The van der Waals surface area contributed by atoms with E-state index in [1.54, 1.807) is 55.5 Å². The Morgan fingerprint density at radius 1 is 1.00 bits per heavy atom. The van der Waals surface area contributed by atoms with Gasteiger partial charge in [0.25, 0.3) is 11.7 Å². The van der Waals surface area contributed by atoms with E-state index in [-0.39, 0.29) is 11.3 Å². The molecule has 0 saturated carbocycles. The van der Waals surface area contributed by atoms with Crippen LogP contribution in [0.5, 0.6) is 11.5 Å². The van der Waals surface area contributed by atoms with Gasteiger partial charge in [-0.25, -0.2) is 0 Å². The van der Waals surface area contributed by atoms with Crippen LogP contribution in [0.1, 0.15) is 23.6 Å². The van der Waals surface area contributed by atoms with Crippen LogP contribution < -0.4 is 14.4 Å². The van der Waals surface area contributed by atoms with E-state index >= 15 is 0 Å². The highest BCUT2D eigenvalue weighted by Gasteiger charge is 2.45. The van der Waals surface area contributed by atoms with Gasteiger partial charge >= 0.3 is 0 Å². The number of benzene rings is 2. The Morgan fingerprint density at radius 2 is 1.59 bits per heavy atom. The third-order valence-corrected chi connectivity index (χ3v) is 6.46. The van der Waals surface area contributed by atoms with Crippen molar-refractivity contribution in [1.82, 2.24) is 4.90 Å². The number of carbonyl (C=O) groups is 2. The lowest BCUT2D eigenvalue weighted by Crippen LogP contribution is -3.14. The maximum Gasteiger partial charge on any atom is 0.295 e. The highest BCUT2D eigenvalue weighted by Crippen LogP contribution is 2.40. The summed E-state index contributed by atoms with van der Waals surface area (Å²) in [6.07, 6.45) is 0.748. The van der Waals surface area contributed by atoms with Crippen molar-refractivity contribution < 1.29 is 33.8 Å². The Bertz CT molecular complexity index is 1040. The Labute approximate surface area is 199 Å². The molecule has 8 nitrogen and oxygen atoms in total. The second-order valence-electron chi connectivity index (χ2n) is 8.46. The van der Waals surface area contributed by atoms with Crippen LogP contribution in [0.3, 0.4) is 0 Å². The molecule has 0 unspecified atom stereocenters. The molecule has 2 aliphatic rings. The van der Waals surface area contributed by atoms with Gasteiger partial charge in [-0.15, -0.1) is 0 Å². The van der Waals surface area contributed by atoms with Crippen LogP contribution in [-0.2, 0) is 14.3 Å². The van der Waals surface area contributed by atoms with E-state index in [9.17, 15) is 14.7 Å². The summed E-state index contributed by atoms with van der Waals surface area (Å²) in [5.41, 5.74) is 1.29. The zero-order chi connectivity index (χ0) is 24.1. The van der Waals surface area contributed by atoms with Crippen molar-refractivity contribution in [2.24, 2.45) is 0 Å². The first-order valence-corrected chi connectivity index (χ1v) is 11.5. The summed E-state index contributed by atoms with van der Waals surface area (Å²) >= 11 is 0. The highest BCUT2D eigenvalue weighted by atomic mass is 16.5. The van der Waals surface area contributed by atoms with Gasteiger partial charge in [0.05, 0.1) is 45.6 Å². The monoisotopic (exact) mass is 467 g/mol. The van der Waals surface area contributed by atoms with Gasteiger partial charge in [0.15, 0.2) is 0 Å². The van der Waals surface area contributed by atoms with Crippen LogP contribution in [-0.4, -0.2) is 75.3 Å². The quantitative estimate of drug-likeness (QED) is 0.347. The number of hydrogen-bond acceptors (Lipinski definition) is 6. The summed E-state index contributed by atoms with van der Waals surface area (Å²) in [4.78, 5) is 29.3. The topological polar surface area (TPSA) is 89.7 Å². The lowest BCUT2D eigenvalue weighted by molar-refractivity contribution is -0.908. The van der Waals surface area contributed by atoms with Gasteiger partial charge in [0, 0.05) is 18.5 Å². The molecule has 0 bridgehead atoms. The average molecular weight is 468 g/mol. The number of nitrogens with zero attached hydrogens (tertiary/aromatic N) is 1. The third-order valence-electron chi connectivity index (χ3n) is 6.46. The Kier molecular flexibility index (Phi) is 7.49. The van der Waals surface area contributed by atoms with Crippen LogP contribution in [0.2, 0.25) is 0 Å². The van der Waals surface area contributed by atoms with Gasteiger partial charge in [-0.2, -0.15) is 0 Å². The van der Waals surface area contributed by atoms with Gasteiger partial charge in [-0.1, -0.05) is 12.1 Å². The van der Waals surface area contributed by atoms with E-state index in [1.165, 1.54) is 4.90 Å². The van der Waals surface area contributed by atoms with Crippen molar-refractivity contribution in [2.75, 3.05) is 53.6 Å². The number of morpholine rings is 1. The molecule has 180 valence electrons. The number of methoxy groups -OCH3 is 2. The zero-order valence-electron chi connectivity index (χ0n) is 19.6. The number of nitrogens with one attached hydrogen (secondary N) is 1. The standard InChI is InChI=1S/C26H30N2O6/c1-32-20-8-4-18(5-9-20)23-22(24(29)19-6-10-21(33-2)11-7-19)25(30)26(31)28(23)13-3-12-27-14-16-34-17-15-27/h4-11,23,29H,3,12-17H2,1-2H3/p+1/t23-/m1/s1. The Balaban J connectivity index is 1.66. The molecule has 2 heterocycles. The predicted octanol–water partition coefficient (Wildman–Crippen LogP) is 1.43. The first kappa shape index (κ1) is 23.8. The van der Waals surface area contributed by atoms with Crippen molar-refractivity contribution in [3.8, 4) is 11.5 Å². The Morgan fingerprint density at radius 3 is 2.18 bits per heavy atom. The molecule has 2 aromatic rings. The molecule has 2 aliphatic heterocycles. The summed E-state index contributed by atoms with van der Waals surface area (Å²) in [5.74, 6) is -0.148. The van der Waals surface area contributed by atoms with Gasteiger partial charge < -0.3 is 29.1 Å². The molecule has 0 aliphatic carbocycles. The molecule has 2 fully saturated rings. The number of likely N-dealkylation sites (tertiary alicyclic amines) is 1. The first-order valence-electron chi connectivity index (χ1n) is 11.5. The summed E-state index contributed by atoms with van der Waals surface area (Å²) in [6.45, 7) is 4.68. The highest BCUT2D eigenvalue weighted by molar-refractivity contribution is 6.46. The first-order chi connectivity index (χ1) is 16.5. The molecule has 0 radical (unpaired) electrons. The smallest absolute Gasteiger partial charge is 0.295 e. The number of carbonyl (C=O) groups excluding carboxylic acids is 2. The number of ketones is 1. The lowest BCUT2D eigenvalue weighted by Gasteiger charge is -2.27. The summed E-state index contributed by atoms with van der Waals surface area (Å²) in [6, 6.07) is 13.3. The van der Waals surface area contributed by atoms with Crippen molar-refractivity contribution >= 4 is 17.4 Å². The minimum atomic E-state index is -0.673.